The number of halogens is 1. The summed E-state index contributed by atoms with van der Waals surface area (Å²) in [5.41, 5.74) is 8.16. The van der Waals surface area contributed by atoms with Gasteiger partial charge < -0.3 is 25.4 Å². The highest BCUT2D eigenvalue weighted by molar-refractivity contribution is 14.0. The number of guanidine groups is 1. The summed E-state index contributed by atoms with van der Waals surface area (Å²) in [6.07, 6.45) is 1.42. The number of carbonyl (C=O) groups excluding carboxylic acids is 1. The molecule has 0 aliphatic carbocycles. The highest BCUT2D eigenvalue weighted by Crippen LogP contribution is 2.19. The highest BCUT2D eigenvalue weighted by atomic mass is 127. The number of methoxy groups -OCH3 is 1. The van der Waals surface area contributed by atoms with Crippen LogP contribution in [-0.4, -0.2) is 49.8 Å². The van der Waals surface area contributed by atoms with Crippen molar-refractivity contribution in [3.63, 3.8) is 0 Å². The lowest BCUT2D eigenvalue weighted by Gasteiger charge is -2.31. The zero-order chi connectivity index (χ0) is 18.2. The Hall–Kier alpha value is -1.71. The molecule has 26 heavy (non-hydrogen) atoms. The summed E-state index contributed by atoms with van der Waals surface area (Å²) in [6, 6.07) is 6.20. The number of carbonyl (C=O) groups is 1. The van der Waals surface area contributed by atoms with Gasteiger partial charge in [0.25, 0.3) is 0 Å². The Balaban J connectivity index is 0.00000338. The van der Waals surface area contributed by atoms with E-state index in [4.69, 9.17) is 15.2 Å². The fourth-order valence-corrected chi connectivity index (χ4v) is 2.89. The lowest BCUT2D eigenvalue weighted by atomic mass is 10.1. The molecule has 1 heterocycles. The second-order valence-electron chi connectivity index (χ2n) is 6.11. The van der Waals surface area contributed by atoms with Gasteiger partial charge >= 0.3 is 6.09 Å². The lowest BCUT2D eigenvalue weighted by Crippen LogP contribution is -2.48. The largest absolute Gasteiger partial charge is 0.496 e. The molecule has 3 N–H and O–H groups in total. The monoisotopic (exact) mass is 476 g/mol. The van der Waals surface area contributed by atoms with Crippen LogP contribution in [0.15, 0.2) is 23.2 Å². The van der Waals surface area contributed by atoms with Crippen LogP contribution < -0.4 is 15.8 Å². The first-order chi connectivity index (χ1) is 12.0. The second kappa shape index (κ2) is 11.1. The molecule has 1 amide bonds. The Labute approximate surface area is 172 Å². The maximum atomic E-state index is 11.7. The zero-order valence-electron chi connectivity index (χ0n) is 15.7. The number of ether oxygens (including phenoxy) is 2. The molecule has 0 radical (unpaired) electrons. The van der Waals surface area contributed by atoms with E-state index in [0.29, 0.717) is 32.2 Å². The van der Waals surface area contributed by atoms with Gasteiger partial charge in [0, 0.05) is 19.1 Å². The van der Waals surface area contributed by atoms with E-state index in [1.54, 1.807) is 12.0 Å². The third kappa shape index (κ3) is 6.54. The molecular formula is C18H29IN4O3. The SMILES string of the molecule is CCOC(=O)N1CCC(NC(N)=NCc2ccc(OC)c(C)c2)CC1.I. The Morgan fingerprint density at radius 1 is 1.38 bits per heavy atom. The molecule has 0 saturated carbocycles. The van der Waals surface area contributed by atoms with Gasteiger partial charge in [-0.1, -0.05) is 12.1 Å². The van der Waals surface area contributed by atoms with Gasteiger partial charge in [0.1, 0.15) is 5.75 Å². The van der Waals surface area contributed by atoms with Crippen molar-refractivity contribution < 1.29 is 14.3 Å². The lowest BCUT2D eigenvalue weighted by molar-refractivity contribution is 0.0963. The molecular weight excluding hydrogens is 447 g/mol. The van der Waals surface area contributed by atoms with Gasteiger partial charge in [-0.05, 0) is 43.9 Å². The Bertz CT molecular complexity index is 616. The summed E-state index contributed by atoms with van der Waals surface area (Å²) in [6.45, 7) is 6.08. The average Bonchev–Trinajstić information content (AvgIpc) is 2.61. The number of nitrogens with two attached hydrogens (primary N) is 1. The van der Waals surface area contributed by atoms with Crippen LogP contribution in [0.2, 0.25) is 0 Å². The minimum Gasteiger partial charge on any atom is -0.496 e. The van der Waals surface area contributed by atoms with E-state index in [0.717, 1.165) is 29.7 Å². The van der Waals surface area contributed by atoms with Crippen LogP contribution in [0.3, 0.4) is 0 Å². The highest BCUT2D eigenvalue weighted by Gasteiger charge is 2.23. The van der Waals surface area contributed by atoms with E-state index in [1.165, 1.54) is 0 Å². The fourth-order valence-electron chi connectivity index (χ4n) is 2.89. The van der Waals surface area contributed by atoms with Crippen molar-refractivity contribution in [1.82, 2.24) is 10.2 Å². The summed E-state index contributed by atoms with van der Waals surface area (Å²) >= 11 is 0. The van der Waals surface area contributed by atoms with Crippen LogP contribution in [0.1, 0.15) is 30.9 Å². The molecule has 0 unspecified atom stereocenters. The van der Waals surface area contributed by atoms with Crippen molar-refractivity contribution in [2.24, 2.45) is 10.7 Å². The number of nitrogens with zero attached hydrogens (tertiary/aromatic N) is 2. The molecule has 1 aromatic carbocycles. The number of hydrogen-bond donors (Lipinski definition) is 2. The average molecular weight is 476 g/mol. The first-order valence-corrected chi connectivity index (χ1v) is 8.65. The molecule has 1 saturated heterocycles. The summed E-state index contributed by atoms with van der Waals surface area (Å²) in [4.78, 5) is 17.8. The van der Waals surface area contributed by atoms with Crippen molar-refractivity contribution in [3.8, 4) is 5.75 Å². The van der Waals surface area contributed by atoms with Crippen LogP contribution in [-0.2, 0) is 11.3 Å². The quantitative estimate of drug-likeness (QED) is 0.388. The number of aliphatic imine (C=N–C) groups is 1. The summed E-state index contributed by atoms with van der Waals surface area (Å²) in [5.74, 6) is 1.30. The Kier molecular flexibility index (Phi) is 9.53. The van der Waals surface area contributed by atoms with E-state index in [-0.39, 0.29) is 36.1 Å². The third-order valence-electron chi connectivity index (χ3n) is 4.26. The molecule has 146 valence electrons. The fraction of sp³-hybridized carbons (Fsp3) is 0.556. The van der Waals surface area contributed by atoms with Gasteiger partial charge in [0.15, 0.2) is 5.96 Å². The van der Waals surface area contributed by atoms with Gasteiger partial charge in [0.2, 0.25) is 0 Å². The standard InChI is InChI=1S/C18H28N4O3.HI/c1-4-25-18(23)22-9-7-15(8-10-22)21-17(19)20-12-14-5-6-16(24-3)13(2)11-14;/h5-6,11,15H,4,7-10,12H2,1-3H3,(H3,19,20,21);1H. The van der Waals surface area contributed by atoms with E-state index in [2.05, 4.69) is 10.3 Å². The Morgan fingerprint density at radius 2 is 2.08 bits per heavy atom. The normalized spacial score (nSPS) is 15.2. The predicted molar refractivity (Wildman–Crippen MR) is 113 cm³/mol. The van der Waals surface area contributed by atoms with Gasteiger partial charge in [0.05, 0.1) is 20.3 Å². The van der Waals surface area contributed by atoms with Crippen LogP contribution in [0, 0.1) is 6.92 Å². The van der Waals surface area contributed by atoms with Crippen LogP contribution in [0.5, 0.6) is 5.75 Å². The number of nitrogens with one attached hydrogen (secondary N) is 1. The van der Waals surface area contributed by atoms with E-state index >= 15 is 0 Å². The number of rotatable bonds is 5. The van der Waals surface area contributed by atoms with Crippen LogP contribution in [0.25, 0.3) is 0 Å². The molecule has 0 spiro atoms. The smallest absolute Gasteiger partial charge is 0.409 e. The zero-order valence-corrected chi connectivity index (χ0v) is 18.0. The molecule has 1 aliphatic heterocycles. The van der Waals surface area contributed by atoms with Crippen molar-refractivity contribution in [2.45, 2.75) is 39.3 Å². The number of hydrogen-bond acceptors (Lipinski definition) is 4. The first kappa shape index (κ1) is 22.3. The second-order valence-corrected chi connectivity index (χ2v) is 6.11. The van der Waals surface area contributed by atoms with E-state index in [9.17, 15) is 4.79 Å². The van der Waals surface area contributed by atoms with Crippen LogP contribution >= 0.6 is 24.0 Å². The molecule has 0 bridgehead atoms. The maximum absolute atomic E-state index is 11.7. The van der Waals surface area contributed by atoms with E-state index < -0.39 is 0 Å². The number of likely N-dealkylation sites (tertiary alicyclic amines) is 1. The topological polar surface area (TPSA) is 89.2 Å². The molecule has 1 aromatic rings. The van der Waals surface area contributed by atoms with Crippen molar-refractivity contribution in [1.29, 1.82) is 0 Å². The van der Waals surface area contributed by atoms with Crippen molar-refractivity contribution in [3.05, 3.63) is 29.3 Å². The molecule has 8 heteroatoms. The van der Waals surface area contributed by atoms with Crippen molar-refractivity contribution >= 4 is 36.0 Å². The van der Waals surface area contributed by atoms with Crippen molar-refractivity contribution in [2.75, 3.05) is 26.8 Å². The first-order valence-electron chi connectivity index (χ1n) is 8.65. The summed E-state index contributed by atoms with van der Waals surface area (Å²) < 4.78 is 10.3. The number of benzene rings is 1. The third-order valence-corrected chi connectivity index (χ3v) is 4.26. The molecule has 0 aromatic heterocycles. The predicted octanol–water partition coefficient (Wildman–Crippen LogP) is 2.65. The number of aryl methyl sites for hydroxylation is 1. The van der Waals surface area contributed by atoms with Crippen LogP contribution in [0.4, 0.5) is 4.79 Å². The minimum absolute atomic E-state index is 0. The summed E-state index contributed by atoms with van der Waals surface area (Å²) in [5, 5.41) is 3.24. The van der Waals surface area contributed by atoms with Gasteiger partial charge in [-0.2, -0.15) is 0 Å². The van der Waals surface area contributed by atoms with Gasteiger partial charge in [-0.25, -0.2) is 9.79 Å². The molecule has 1 fully saturated rings. The Morgan fingerprint density at radius 3 is 2.65 bits per heavy atom. The number of amides is 1. The van der Waals surface area contributed by atoms with Gasteiger partial charge in [-0.3, -0.25) is 0 Å². The molecule has 0 atom stereocenters. The number of piperidine rings is 1. The molecule has 7 nitrogen and oxygen atoms in total. The maximum Gasteiger partial charge on any atom is 0.409 e. The minimum atomic E-state index is -0.238. The molecule has 1 aliphatic rings. The molecule has 2 rings (SSSR count). The van der Waals surface area contributed by atoms with Gasteiger partial charge in [-0.15, -0.1) is 24.0 Å². The summed E-state index contributed by atoms with van der Waals surface area (Å²) in [7, 11) is 1.66. The van der Waals surface area contributed by atoms with E-state index in [1.807, 2.05) is 32.0 Å².